The summed E-state index contributed by atoms with van der Waals surface area (Å²) in [7, 11) is 1.80. The number of carboxylic acids is 1. The monoisotopic (exact) mass is 216 g/mol. The van der Waals surface area contributed by atoms with E-state index in [0.29, 0.717) is 5.15 Å². The summed E-state index contributed by atoms with van der Waals surface area (Å²) < 4.78 is 1.76. The Morgan fingerprint density at radius 3 is 2.64 bits per heavy atom. The lowest BCUT2D eigenvalue weighted by Crippen LogP contribution is -2.24. The molecule has 4 nitrogen and oxygen atoms in total. The second kappa shape index (κ2) is 3.61. The fourth-order valence-electron chi connectivity index (χ4n) is 1.62. The van der Waals surface area contributed by atoms with Gasteiger partial charge in [-0.05, 0) is 0 Å². The lowest BCUT2D eigenvalue weighted by molar-refractivity contribution is -0.138. The van der Waals surface area contributed by atoms with Crippen LogP contribution in [0.15, 0.2) is 6.33 Å². The van der Waals surface area contributed by atoms with Crippen LogP contribution in [-0.2, 0) is 17.3 Å². The number of rotatable bonds is 3. The molecule has 0 spiro atoms. The van der Waals surface area contributed by atoms with Gasteiger partial charge in [-0.3, -0.25) is 4.79 Å². The Bertz CT molecular complexity index is 338. The predicted molar refractivity (Wildman–Crippen MR) is 53.5 cm³/mol. The summed E-state index contributed by atoms with van der Waals surface area (Å²) in [5.74, 6) is -0.840. The van der Waals surface area contributed by atoms with Crippen molar-refractivity contribution in [2.24, 2.45) is 7.05 Å². The van der Waals surface area contributed by atoms with Gasteiger partial charge >= 0.3 is 5.97 Å². The Labute approximate surface area is 87.5 Å². The van der Waals surface area contributed by atoms with Gasteiger partial charge in [-0.1, -0.05) is 25.4 Å². The van der Waals surface area contributed by atoms with Crippen molar-refractivity contribution < 1.29 is 9.90 Å². The molecule has 0 radical (unpaired) electrons. The summed E-state index contributed by atoms with van der Waals surface area (Å²) in [5.41, 5.74) is 0.246. The predicted octanol–water partition coefficient (Wildman–Crippen LogP) is 1.83. The van der Waals surface area contributed by atoms with Gasteiger partial charge in [-0.25, -0.2) is 4.98 Å². The van der Waals surface area contributed by atoms with Crippen molar-refractivity contribution in [2.75, 3.05) is 0 Å². The number of carbonyl (C=O) groups is 1. The molecule has 0 aliphatic carbocycles. The second-order valence-electron chi connectivity index (χ2n) is 3.95. The van der Waals surface area contributed by atoms with E-state index < -0.39 is 11.4 Å². The summed E-state index contributed by atoms with van der Waals surface area (Å²) in [6.07, 6.45) is 1.62. The van der Waals surface area contributed by atoms with E-state index in [-0.39, 0.29) is 6.42 Å². The van der Waals surface area contributed by atoms with Crippen molar-refractivity contribution in [1.82, 2.24) is 9.55 Å². The quantitative estimate of drug-likeness (QED) is 0.839. The van der Waals surface area contributed by atoms with E-state index in [1.54, 1.807) is 17.9 Å². The van der Waals surface area contributed by atoms with Crippen LogP contribution >= 0.6 is 11.6 Å². The third-order valence-electron chi connectivity index (χ3n) is 2.13. The van der Waals surface area contributed by atoms with Crippen molar-refractivity contribution in [3.05, 3.63) is 17.2 Å². The van der Waals surface area contributed by atoms with Crippen LogP contribution in [0.1, 0.15) is 26.0 Å². The number of nitrogens with zero attached hydrogens (tertiary/aromatic N) is 2. The fourth-order valence-corrected chi connectivity index (χ4v) is 2.05. The number of hydrogen-bond donors (Lipinski definition) is 1. The highest BCUT2D eigenvalue weighted by atomic mass is 35.5. The van der Waals surface area contributed by atoms with E-state index in [9.17, 15) is 4.79 Å². The first kappa shape index (κ1) is 11.0. The van der Waals surface area contributed by atoms with E-state index in [4.69, 9.17) is 16.7 Å². The number of aliphatic carboxylic acids is 1. The molecular weight excluding hydrogens is 204 g/mol. The van der Waals surface area contributed by atoms with E-state index in [2.05, 4.69) is 4.98 Å². The van der Waals surface area contributed by atoms with E-state index >= 15 is 0 Å². The first-order chi connectivity index (χ1) is 6.34. The lowest BCUT2D eigenvalue weighted by atomic mass is 9.86. The largest absolute Gasteiger partial charge is 0.481 e. The SMILES string of the molecule is Cn1cnc(Cl)c1C(C)(C)CC(=O)O. The summed E-state index contributed by atoms with van der Waals surface area (Å²) in [5, 5.41) is 9.13. The van der Waals surface area contributed by atoms with Crippen LogP contribution in [0.3, 0.4) is 0 Å². The highest BCUT2D eigenvalue weighted by molar-refractivity contribution is 6.30. The van der Waals surface area contributed by atoms with Gasteiger partial charge in [0.25, 0.3) is 0 Å². The number of aromatic nitrogens is 2. The average Bonchev–Trinajstić information content (AvgIpc) is 2.27. The van der Waals surface area contributed by atoms with Crippen LogP contribution in [-0.4, -0.2) is 20.6 Å². The summed E-state index contributed by atoms with van der Waals surface area (Å²) >= 11 is 5.89. The first-order valence-corrected chi connectivity index (χ1v) is 4.61. The Morgan fingerprint density at radius 1 is 1.71 bits per heavy atom. The van der Waals surface area contributed by atoms with Gasteiger partial charge in [0, 0.05) is 12.5 Å². The molecule has 78 valence electrons. The molecule has 0 atom stereocenters. The normalized spacial score (nSPS) is 11.7. The van der Waals surface area contributed by atoms with Gasteiger partial charge in [-0.2, -0.15) is 0 Å². The Hall–Kier alpha value is -1.03. The molecule has 1 N–H and O–H groups in total. The smallest absolute Gasteiger partial charge is 0.304 e. The molecule has 1 aromatic heterocycles. The summed E-state index contributed by atoms with van der Waals surface area (Å²) in [6.45, 7) is 3.67. The van der Waals surface area contributed by atoms with Crippen molar-refractivity contribution >= 4 is 17.6 Å². The summed E-state index contributed by atoms with van der Waals surface area (Å²) in [4.78, 5) is 14.6. The number of hydrogen-bond acceptors (Lipinski definition) is 2. The molecule has 0 aliphatic rings. The number of aryl methyl sites for hydroxylation is 1. The highest BCUT2D eigenvalue weighted by Gasteiger charge is 2.29. The van der Waals surface area contributed by atoms with Crippen molar-refractivity contribution in [1.29, 1.82) is 0 Å². The maximum atomic E-state index is 10.7. The molecule has 1 aromatic rings. The molecule has 0 fully saturated rings. The maximum absolute atomic E-state index is 10.7. The first-order valence-electron chi connectivity index (χ1n) is 4.23. The van der Waals surface area contributed by atoms with Crippen LogP contribution in [0.2, 0.25) is 5.15 Å². The third kappa shape index (κ3) is 2.07. The maximum Gasteiger partial charge on any atom is 0.304 e. The Morgan fingerprint density at radius 2 is 2.29 bits per heavy atom. The topological polar surface area (TPSA) is 55.1 Å². The zero-order valence-electron chi connectivity index (χ0n) is 8.41. The Kier molecular flexibility index (Phi) is 2.85. The van der Waals surface area contributed by atoms with Crippen LogP contribution in [0.25, 0.3) is 0 Å². The van der Waals surface area contributed by atoms with E-state index in [0.717, 1.165) is 5.69 Å². The molecule has 5 heteroatoms. The van der Waals surface area contributed by atoms with Crippen LogP contribution in [0.5, 0.6) is 0 Å². The van der Waals surface area contributed by atoms with Gasteiger partial charge < -0.3 is 9.67 Å². The van der Waals surface area contributed by atoms with Gasteiger partial charge in [-0.15, -0.1) is 0 Å². The molecule has 14 heavy (non-hydrogen) atoms. The molecule has 0 bridgehead atoms. The Balaban J connectivity index is 3.08. The molecular formula is C9H13ClN2O2. The average molecular weight is 217 g/mol. The second-order valence-corrected chi connectivity index (χ2v) is 4.31. The minimum atomic E-state index is -0.840. The molecule has 1 heterocycles. The van der Waals surface area contributed by atoms with Crippen molar-refractivity contribution in [2.45, 2.75) is 25.7 Å². The number of carboxylic acid groups (broad SMARTS) is 1. The van der Waals surface area contributed by atoms with Crippen molar-refractivity contribution in [3.63, 3.8) is 0 Å². The van der Waals surface area contributed by atoms with Gasteiger partial charge in [0.1, 0.15) is 0 Å². The zero-order chi connectivity index (χ0) is 10.9. The molecule has 0 saturated carbocycles. The minimum absolute atomic E-state index is 0.0340. The van der Waals surface area contributed by atoms with Crippen LogP contribution in [0.4, 0.5) is 0 Å². The van der Waals surface area contributed by atoms with Crippen LogP contribution in [0, 0.1) is 0 Å². The number of halogens is 1. The molecule has 0 aliphatic heterocycles. The molecule has 0 aromatic carbocycles. The van der Waals surface area contributed by atoms with Gasteiger partial charge in [0.2, 0.25) is 0 Å². The van der Waals surface area contributed by atoms with Crippen molar-refractivity contribution in [3.8, 4) is 0 Å². The van der Waals surface area contributed by atoms with E-state index in [1.807, 2.05) is 13.8 Å². The number of imidazole rings is 1. The molecule has 1 rings (SSSR count). The zero-order valence-corrected chi connectivity index (χ0v) is 9.17. The standard InChI is InChI=1S/C9H13ClN2O2/c1-9(2,4-6(13)14)7-8(10)11-5-12(7)3/h5H,4H2,1-3H3,(H,13,14). The highest BCUT2D eigenvalue weighted by Crippen LogP contribution is 2.31. The van der Waals surface area contributed by atoms with Gasteiger partial charge in [0.05, 0.1) is 18.4 Å². The summed E-state index contributed by atoms with van der Waals surface area (Å²) in [6, 6.07) is 0. The lowest BCUT2D eigenvalue weighted by Gasteiger charge is -2.23. The third-order valence-corrected chi connectivity index (χ3v) is 2.40. The van der Waals surface area contributed by atoms with Gasteiger partial charge in [0.15, 0.2) is 5.15 Å². The molecule has 0 saturated heterocycles. The van der Waals surface area contributed by atoms with E-state index in [1.165, 1.54) is 0 Å². The molecule has 0 amide bonds. The van der Waals surface area contributed by atoms with Crippen LogP contribution < -0.4 is 0 Å². The fraction of sp³-hybridized carbons (Fsp3) is 0.556. The molecule has 0 unspecified atom stereocenters. The minimum Gasteiger partial charge on any atom is -0.481 e.